The molecule has 0 spiro atoms. The number of halogens is 1. The summed E-state index contributed by atoms with van der Waals surface area (Å²) >= 11 is 0. The molecule has 17 heavy (non-hydrogen) atoms. The zero-order valence-corrected chi connectivity index (χ0v) is 10.4. The smallest absolute Gasteiger partial charge is 0.326 e. The molecule has 0 amide bonds. The lowest BCUT2D eigenvalue weighted by atomic mass is 10.3. The Hall–Kier alpha value is -1.56. The maximum atomic E-state index is 12.1. The van der Waals surface area contributed by atoms with Gasteiger partial charge in [-0.3, -0.25) is 0 Å². The van der Waals surface area contributed by atoms with E-state index in [-0.39, 0.29) is 6.10 Å². The topological polar surface area (TPSA) is 55.4 Å². The highest BCUT2D eigenvalue weighted by atomic mass is 32.3. The van der Waals surface area contributed by atoms with Crippen molar-refractivity contribution >= 4 is 15.9 Å². The van der Waals surface area contributed by atoms with Crippen LogP contribution in [0.4, 0.5) is 9.57 Å². The number of hydrogen-bond donors (Lipinski definition) is 1. The number of nitrogens with one attached hydrogen (secondary N) is 1. The Kier molecular flexibility index (Phi) is 4.51. The molecule has 1 rings (SSSR count). The summed E-state index contributed by atoms with van der Waals surface area (Å²) in [5.74, 6) is 0.715. The van der Waals surface area contributed by atoms with Crippen molar-refractivity contribution in [3.05, 3.63) is 35.9 Å². The summed E-state index contributed by atoms with van der Waals surface area (Å²) < 4.78 is 37.9. The molecule has 0 atom stereocenters. The first-order valence-corrected chi connectivity index (χ1v) is 6.46. The number of anilines is 1. The molecule has 1 aromatic carbocycles. The second-order valence-corrected chi connectivity index (χ2v) is 4.84. The van der Waals surface area contributed by atoms with Crippen LogP contribution in [0.15, 0.2) is 35.9 Å². The fourth-order valence-corrected chi connectivity index (χ4v) is 1.34. The minimum atomic E-state index is -4.59. The predicted molar refractivity (Wildman–Crippen MR) is 65.0 cm³/mol. The van der Waals surface area contributed by atoms with E-state index in [4.69, 9.17) is 4.74 Å². The molecule has 1 aromatic rings. The molecule has 94 valence electrons. The third-order valence-corrected chi connectivity index (χ3v) is 2.17. The van der Waals surface area contributed by atoms with Gasteiger partial charge in [-0.15, -0.1) is 3.89 Å². The van der Waals surface area contributed by atoms with E-state index in [0.29, 0.717) is 16.8 Å². The lowest BCUT2D eigenvalue weighted by Crippen LogP contribution is -2.05. The number of hydrogen-bond acceptors (Lipinski definition) is 4. The third-order valence-electron chi connectivity index (χ3n) is 1.71. The molecular formula is C11H14FNO3S. The molecule has 0 fully saturated rings. The Morgan fingerprint density at radius 2 is 1.88 bits per heavy atom. The maximum Gasteiger partial charge on any atom is 0.326 e. The molecule has 0 radical (unpaired) electrons. The van der Waals surface area contributed by atoms with Crippen LogP contribution in [0, 0.1) is 0 Å². The van der Waals surface area contributed by atoms with E-state index in [1.807, 2.05) is 13.8 Å². The minimum Gasteiger partial charge on any atom is -0.491 e. The van der Waals surface area contributed by atoms with Crippen LogP contribution in [-0.2, 0) is 10.2 Å². The molecule has 0 heterocycles. The van der Waals surface area contributed by atoms with Gasteiger partial charge in [0, 0.05) is 11.9 Å². The van der Waals surface area contributed by atoms with Crippen molar-refractivity contribution in [2.75, 3.05) is 5.32 Å². The van der Waals surface area contributed by atoms with Crippen molar-refractivity contribution in [1.29, 1.82) is 0 Å². The van der Waals surface area contributed by atoms with E-state index in [1.165, 1.54) is 0 Å². The summed E-state index contributed by atoms with van der Waals surface area (Å²) in [6.45, 7) is 3.84. The maximum absolute atomic E-state index is 12.1. The summed E-state index contributed by atoms with van der Waals surface area (Å²) in [7, 11) is -4.59. The average Bonchev–Trinajstić information content (AvgIpc) is 2.18. The van der Waals surface area contributed by atoms with Crippen LogP contribution in [0.5, 0.6) is 5.75 Å². The molecule has 0 aliphatic rings. The average molecular weight is 259 g/mol. The van der Waals surface area contributed by atoms with Crippen LogP contribution in [0.2, 0.25) is 0 Å². The second-order valence-electron chi connectivity index (χ2n) is 3.61. The predicted octanol–water partition coefficient (Wildman–Crippen LogP) is 2.66. The quantitative estimate of drug-likeness (QED) is 0.826. The second kappa shape index (κ2) is 5.67. The van der Waals surface area contributed by atoms with Crippen molar-refractivity contribution in [2.45, 2.75) is 20.0 Å². The van der Waals surface area contributed by atoms with E-state index in [2.05, 4.69) is 5.32 Å². The molecule has 0 aliphatic carbocycles. The van der Waals surface area contributed by atoms with Crippen LogP contribution in [-0.4, -0.2) is 14.5 Å². The fraction of sp³-hybridized carbons (Fsp3) is 0.273. The van der Waals surface area contributed by atoms with Gasteiger partial charge in [-0.2, -0.15) is 8.42 Å². The van der Waals surface area contributed by atoms with Gasteiger partial charge in [0.05, 0.1) is 11.5 Å². The van der Waals surface area contributed by atoms with E-state index < -0.39 is 10.2 Å². The monoisotopic (exact) mass is 259 g/mol. The number of benzene rings is 1. The van der Waals surface area contributed by atoms with Crippen LogP contribution < -0.4 is 10.1 Å². The lowest BCUT2D eigenvalue weighted by molar-refractivity contribution is 0.242. The highest BCUT2D eigenvalue weighted by molar-refractivity contribution is 7.89. The summed E-state index contributed by atoms with van der Waals surface area (Å²) in [6, 6.07) is 6.88. The van der Waals surface area contributed by atoms with Gasteiger partial charge in [0.15, 0.2) is 0 Å². The molecule has 0 aromatic heterocycles. The summed E-state index contributed by atoms with van der Waals surface area (Å²) in [5, 5.41) is 3.08. The van der Waals surface area contributed by atoms with Gasteiger partial charge in [0.2, 0.25) is 0 Å². The van der Waals surface area contributed by atoms with E-state index in [0.717, 1.165) is 6.20 Å². The molecule has 4 nitrogen and oxygen atoms in total. The highest BCUT2D eigenvalue weighted by Gasteiger charge is 1.99. The molecule has 0 aliphatic heterocycles. The molecule has 0 unspecified atom stereocenters. The van der Waals surface area contributed by atoms with E-state index in [1.54, 1.807) is 24.3 Å². The lowest BCUT2D eigenvalue weighted by Gasteiger charge is -2.09. The Morgan fingerprint density at radius 3 is 2.35 bits per heavy atom. The molecular weight excluding hydrogens is 245 g/mol. The van der Waals surface area contributed by atoms with Gasteiger partial charge in [-0.1, -0.05) is 0 Å². The van der Waals surface area contributed by atoms with Gasteiger partial charge in [-0.05, 0) is 38.1 Å². The fourth-order valence-electron chi connectivity index (χ4n) is 1.11. The molecule has 0 bridgehead atoms. The zero-order chi connectivity index (χ0) is 12.9. The highest BCUT2D eigenvalue weighted by Crippen LogP contribution is 2.16. The van der Waals surface area contributed by atoms with Crippen molar-refractivity contribution in [2.24, 2.45) is 0 Å². The first kappa shape index (κ1) is 13.5. The third kappa shape index (κ3) is 5.91. The van der Waals surface area contributed by atoms with Crippen molar-refractivity contribution in [3.8, 4) is 5.75 Å². The SMILES string of the molecule is CC(C)Oc1ccc(N/C=C/S(=O)(=O)F)cc1. The van der Waals surface area contributed by atoms with E-state index in [9.17, 15) is 12.3 Å². The van der Waals surface area contributed by atoms with Gasteiger partial charge in [0.1, 0.15) is 5.75 Å². The summed E-state index contributed by atoms with van der Waals surface area (Å²) in [5.41, 5.74) is 0.640. The summed E-state index contributed by atoms with van der Waals surface area (Å²) in [4.78, 5) is 0. The normalized spacial score (nSPS) is 12.0. The van der Waals surface area contributed by atoms with Crippen molar-refractivity contribution in [1.82, 2.24) is 0 Å². The first-order valence-electron chi connectivity index (χ1n) is 5.01. The van der Waals surface area contributed by atoms with Crippen LogP contribution in [0.3, 0.4) is 0 Å². The van der Waals surface area contributed by atoms with Crippen LogP contribution >= 0.6 is 0 Å². The molecule has 6 heteroatoms. The molecule has 0 saturated carbocycles. The molecule has 0 saturated heterocycles. The summed E-state index contributed by atoms with van der Waals surface area (Å²) in [6.07, 6.45) is 1.11. The van der Waals surface area contributed by atoms with Gasteiger partial charge in [0.25, 0.3) is 0 Å². The van der Waals surface area contributed by atoms with Crippen LogP contribution in [0.1, 0.15) is 13.8 Å². The number of rotatable bonds is 5. The first-order chi connectivity index (χ1) is 7.87. The van der Waals surface area contributed by atoms with Gasteiger partial charge >= 0.3 is 10.2 Å². The van der Waals surface area contributed by atoms with Crippen LogP contribution in [0.25, 0.3) is 0 Å². The Morgan fingerprint density at radius 1 is 1.29 bits per heavy atom. The number of ether oxygens (including phenoxy) is 1. The Labute approximate surface area is 100 Å². The van der Waals surface area contributed by atoms with Gasteiger partial charge in [-0.25, -0.2) is 0 Å². The standard InChI is InChI=1S/C11H14FNO3S/c1-9(2)16-11-5-3-10(4-6-11)13-7-8-17(12,14)15/h3-9,13H,1-2H3/b8-7+. The Bertz CT molecular complexity index is 480. The Balaban J connectivity index is 2.60. The zero-order valence-electron chi connectivity index (χ0n) is 9.55. The molecule has 1 N–H and O–H groups in total. The van der Waals surface area contributed by atoms with Crippen molar-refractivity contribution in [3.63, 3.8) is 0 Å². The largest absolute Gasteiger partial charge is 0.491 e. The van der Waals surface area contributed by atoms with Gasteiger partial charge < -0.3 is 10.1 Å². The van der Waals surface area contributed by atoms with Crippen molar-refractivity contribution < 1.29 is 17.0 Å². The minimum absolute atomic E-state index is 0.0883. The van der Waals surface area contributed by atoms with E-state index >= 15 is 0 Å².